The summed E-state index contributed by atoms with van der Waals surface area (Å²) in [4.78, 5) is 7.95. The molecule has 1 rings (SSSR count). The minimum Gasteiger partial charge on any atom is -0.394 e. The highest BCUT2D eigenvalue weighted by Crippen LogP contribution is 2.15. The molecule has 0 atom stereocenters. The molecule has 0 aromatic heterocycles. The molecule has 3 nitrogen and oxygen atoms in total. The van der Waals surface area contributed by atoms with Crippen molar-refractivity contribution in [2.75, 3.05) is 26.2 Å². The van der Waals surface area contributed by atoms with Gasteiger partial charge in [0.2, 0.25) is 0 Å². The van der Waals surface area contributed by atoms with Gasteiger partial charge in [-0.2, -0.15) is 0 Å². The van der Waals surface area contributed by atoms with E-state index in [0.29, 0.717) is 0 Å². The second kappa shape index (κ2) is 13.1. The lowest BCUT2D eigenvalue weighted by molar-refractivity contribution is 0.113. The minimum absolute atomic E-state index is 0.727. The summed E-state index contributed by atoms with van der Waals surface area (Å²) in [6.07, 6.45) is 14.7. The van der Waals surface area contributed by atoms with Crippen LogP contribution in [0, 0.1) is 0 Å². The highest BCUT2D eigenvalue weighted by molar-refractivity contribution is 5.83. The average molecular weight is 296 g/mol. The van der Waals surface area contributed by atoms with Gasteiger partial charge in [-0.05, 0) is 38.8 Å². The fourth-order valence-corrected chi connectivity index (χ4v) is 2.96. The summed E-state index contributed by atoms with van der Waals surface area (Å²) in [6, 6.07) is 0. The van der Waals surface area contributed by atoms with Crippen molar-refractivity contribution in [1.29, 1.82) is 0 Å². The lowest BCUT2D eigenvalue weighted by atomic mass is 10.00. The van der Waals surface area contributed by atoms with Crippen LogP contribution in [-0.4, -0.2) is 36.9 Å². The molecule has 0 bridgehead atoms. The number of hydrogen-bond donors (Lipinski definition) is 0. The third-order valence-corrected chi connectivity index (χ3v) is 4.52. The van der Waals surface area contributed by atoms with Crippen LogP contribution in [0.4, 0.5) is 0 Å². The fourth-order valence-electron chi connectivity index (χ4n) is 2.96. The summed E-state index contributed by atoms with van der Waals surface area (Å²) in [5, 5.41) is 4.44. The smallest absolute Gasteiger partial charge is 0.129 e. The van der Waals surface area contributed by atoms with E-state index >= 15 is 0 Å². The number of nitrogens with zero attached hydrogens (tertiary/aromatic N) is 2. The van der Waals surface area contributed by atoms with Crippen LogP contribution in [-0.2, 0) is 4.84 Å². The molecule has 0 N–H and O–H groups in total. The molecule has 1 aliphatic rings. The van der Waals surface area contributed by atoms with Crippen LogP contribution in [0.5, 0.6) is 0 Å². The Morgan fingerprint density at radius 2 is 1.29 bits per heavy atom. The van der Waals surface area contributed by atoms with Gasteiger partial charge in [-0.1, -0.05) is 63.9 Å². The monoisotopic (exact) mass is 296 g/mol. The Labute approximate surface area is 132 Å². The lowest BCUT2D eigenvalue weighted by Crippen LogP contribution is -2.26. The summed E-state index contributed by atoms with van der Waals surface area (Å²) in [5.41, 5.74) is 1.30. The van der Waals surface area contributed by atoms with Gasteiger partial charge in [-0.15, -0.1) is 0 Å². The van der Waals surface area contributed by atoms with Gasteiger partial charge in [0.1, 0.15) is 6.61 Å². The normalized spacial score (nSPS) is 18.9. The van der Waals surface area contributed by atoms with Crippen molar-refractivity contribution in [3.05, 3.63) is 0 Å². The SMILES string of the molecule is CCN(CC)CCON=C1CCCCCCCCCCC1. The Morgan fingerprint density at radius 1 is 0.810 bits per heavy atom. The van der Waals surface area contributed by atoms with E-state index in [-0.39, 0.29) is 0 Å². The van der Waals surface area contributed by atoms with Crippen LogP contribution in [0.3, 0.4) is 0 Å². The Hall–Kier alpha value is -0.570. The van der Waals surface area contributed by atoms with Crippen molar-refractivity contribution >= 4 is 5.71 Å². The lowest BCUT2D eigenvalue weighted by Gasteiger charge is -2.16. The first-order valence-corrected chi connectivity index (χ1v) is 9.26. The second-order valence-corrected chi connectivity index (χ2v) is 6.20. The van der Waals surface area contributed by atoms with Gasteiger partial charge < -0.3 is 9.74 Å². The summed E-state index contributed by atoms with van der Waals surface area (Å²) >= 11 is 0. The van der Waals surface area contributed by atoms with Gasteiger partial charge >= 0.3 is 0 Å². The average Bonchev–Trinajstić information content (AvgIpc) is 2.49. The maximum Gasteiger partial charge on any atom is 0.129 e. The van der Waals surface area contributed by atoms with Gasteiger partial charge in [-0.3, -0.25) is 0 Å². The van der Waals surface area contributed by atoms with E-state index in [1.54, 1.807) is 0 Å². The first-order chi connectivity index (χ1) is 10.4. The van der Waals surface area contributed by atoms with E-state index in [1.165, 1.54) is 63.5 Å². The van der Waals surface area contributed by atoms with Crippen LogP contribution in [0.15, 0.2) is 5.16 Å². The van der Waals surface area contributed by atoms with Crippen LogP contribution < -0.4 is 0 Å². The molecule has 0 saturated heterocycles. The summed E-state index contributed by atoms with van der Waals surface area (Å²) in [5.74, 6) is 0. The molecule has 0 unspecified atom stereocenters. The van der Waals surface area contributed by atoms with Gasteiger partial charge in [0.25, 0.3) is 0 Å². The van der Waals surface area contributed by atoms with Crippen molar-refractivity contribution in [2.24, 2.45) is 5.16 Å². The zero-order valence-electron chi connectivity index (χ0n) is 14.4. The van der Waals surface area contributed by atoms with Gasteiger partial charge in [0.05, 0.1) is 5.71 Å². The largest absolute Gasteiger partial charge is 0.394 e. The number of rotatable bonds is 6. The van der Waals surface area contributed by atoms with E-state index < -0.39 is 0 Å². The Balaban J connectivity index is 2.27. The Morgan fingerprint density at radius 3 is 1.76 bits per heavy atom. The predicted octanol–water partition coefficient (Wildman–Crippen LogP) is 5.01. The third-order valence-electron chi connectivity index (χ3n) is 4.52. The Kier molecular flexibility index (Phi) is 11.5. The van der Waals surface area contributed by atoms with Crippen LogP contribution in [0.25, 0.3) is 0 Å². The highest BCUT2D eigenvalue weighted by atomic mass is 16.6. The molecular formula is C18H36N2O. The molecule has 1 aliphatic carbocycles. The van der Waals surface area contributed by atoms with E-state index in [1.807, 2.05) is 0 Å². The first kappa shape index (κ1) is 18.5. The van der Waals surface area contributed by atoms with Crippen LogP contribution >= 0.6 is 0 Å². The quantitative estimate of drug-likeness (QED) is 0.508. The molecule has 0 radical (unpaired) electrons. The van der Waals surface area contributed by atoms with Gasteiger partial charge in [0.15, 0.2) is 0 Å². The van der Waals surface area contributed by atoms with Crippen LogP contribution in [0.1, 0.15) is 84.5 Å². The number of oxime groups is 1. The number of likely N-dealkylation sites (N-methyl/N-ethyl adjacent to an activating group) is 1. The topological polar surface area (TPSA) is 24.8 Å². The molecule has 1 fully saturated rings. The molecule has 3 heteroatoms. The van der Waals surface area contributed by atoms with E-state index in [0.717, 1.165) is 39.1 Å². The molecule has 0 aromatic rings. The minimum atomic E-state index is 0.727. The third kappa shape index (κ3) is 9.89. The zero-order valence-corrected chi connectivity index (χ0v) is 14.4. The summed E-state index contributed by atoms with van der Waals surface area (Å²) in [7, 11) is 0. The molecule has 0 aliphatic heterocycles. The van der Waals surface area contributed by atoms with Gasteiger partial charge in [0, 0.05) is 6.54 Å². The second-order valence-electron chi connectivity index (χ2n) is 6.20. The Bertz CT molecular complexity index is 248. The predicted molar refractivity (Wildman–Crippen MR) is 92.0 cm³/mol. The molecule has 21 heavy (non-hydrogen) atoms. The standard InChI is InChI=1S/C18H36N2O/c1-3-20(4-2)16-17-21-19-18-14-12-10-8-6-5-7-9-11-13-15-18/h3-17H2,1-2H3. The molecule has 0 aromatic carbocycles. The highest BCUT2D eigenvalue weighted by Gasteiger charge is 2.04. The maximum atomic E-state index is 5.58. The van der Waals surface area contributed by atoms with Gasteiger partial charge in [-0.25, -0.2) is 0 Å². The van der Waals surface area contributed by atoms with E-state index in [2.05, 4.69) is 23.9 Å². The molecule has 0 spiro atoms. The summed E-state index contributed by atoms with van der Waals surface area (Å²) < 4.78 is 0. The van der Waals surface area contributed by atoms with Crippen LogP contribution in [0.2, 0.25) is 0 Å². The molecule has 124 valence electrons. The van der Waals surface area contributed by atoms with Crippen molar-refractivity contribution < 1.29 is 4.84 Å². The fraction of sp³-hybridized carbons (Fsp3) is 0.944. The van der Waals surface area contributed by atoms with E-state index in [4.69, 9.17) is 4.84 Å². The molecular weight excluding hydrogens is 260 g/mol. The molecule has 0 heterocycles. The van der Waals surface area contributed by atoms with Crippen molar-refractivity contribution in [2.45, 2.75) is 84.5 Å². The summed E-state index contributed by atoms with van der Waals surface area (Å²) in [6.45, 7) is 8.30. The first-order valence-electron chi connectivity index (χ1n) is 9.26. The molecule has 0 amide bonds. The van der Waals surface area contributed by atoms with Crippen molar-refractivity contribution in [1.82, 2.24) is 4.90 Å². The maximum absolute atomic E-state index is 5.58. The number of hydrogen-bond acceptors (Lipinski definition) is 3. The molecule has 1 saturated carbocycles. The van der Waals surface area contributed by atoms with E-state index in [9.17, 15) is 0 Å². The van der Waals surface area contributed by atoms with Crippen molar-refractivity contribution in [3.63, 3.8) is 0 Å². The zero-order chi connectivity index (χ0) is 15.2. The van der Waals surface area contributed by atoms with Crippen molar-refractivity contribution in [3.8, 4) is 0 Å².